The number of ether oxygens (including phenoxy) is 1. The average molecular weight is 199 g/mol. The predicted octanol–water partition coefficient (Wildman–Crippen LogP) is 2.58. The molecule has 1 N–H and O–H groups in total. The molecule has 1 rings (SSSR count). The van der Waals surface area contributed by atoms with E-state index in [1.807, 2.05) is 0 Å². The van der Waals surface area contributed by atoms with Crippen molar-refractivity contribution in [3.63, 3.8) is 0 Å². The van der Waals surface area contributed by atoms with E-state index in [-0.39, 0.29) is 0 Å². The summed E-state index contributed by atoms with van der Waals surface area (Å²) in [4.78, 5) is 0. The van der Waals surface area contributed by atoms with E-state index in [0.29, 0.717) is 6.10 Å². The SMILES string of the molecule is CCN[C@H]1C[C@H](OCCCC(C)C)C1. The lowest BCUT2D eigenvalue weighted by Gasteiger charge is -2.35. The molecule has 0 saturated heterocycles. The maximum Gasteiger partial charge on any atom is 0.0604 e. The van der Waals surface area contributed by atoms with Crippen LogP contribution in [0, 0.1) is 5.92 Å². The number of nitrogens with one attached hydrogen (secondary N) is 1. The van der Waals surface area contributed by atoms with Crippen molar-refractivity contribution in [2.45, 2.75) is 58.6 Å². The van der Waals surface area contributed by atoms with Crippen molar-refractivity contribution in [2.24, 2.45) is 5.92 Å². The quantitative estimate of drug-likeness (QED) is 0.636. The van der Waals surface area contributed by atoms with Gasteiger partial charge in [-0.2, -0.15) is 0 Å². The van der Waals surface area contributed by atoms with E-state index in [9.17, 15) is 0 Å². The van der Waals surface area contributed by atoms with E-state index in [1.54, 1.807) is 0 Å². The summed E-state index contributed by atoms with van der Waals surface area (Å²) >= 11 is 0. The summed E-state index contributed by atoms with van der Waals surface area (Å²) in [6, 6.07) is 0.732. The summed E-state index contributed by atoms with van der Waals surface area (Å²) in [6.07, 6.45) is 5.50. The standard InChI is InChI=1S/C12H25NO/c1-4-13-11-8-12(9-11)14-7-5-6-10(2)3/h10-13H,4-9H2,1-3H3/t11-,12-. The Hall–Kier alpha value is -0.0800. The van der Waals surface area contributed by atoms with Crippen molar-refractivity contribution in [3.05, 3.63) is 0 Å². The Balaban J connectivity index is 1.86. The van der Waals surface area contributed by atoms with Gasteiger partial charge >= 0.3 is 0 Å². The molecule has 14 heavy (non-hydrogen) atoms. The first-order valence-electron chi connectivity index (χ1n) is 6.07. The van der Waals surface area contributed by atoms with E-state index >= 15 is 0 Å². The van der Waals surface area contributed by atoms with Crippen LogP contribution in [0.25, 0.3) is 0 Å². The van der Waals surface area contributed by atoms with Gasteiger partial charge in [0.25, 0.3) is 0 Å². The van der Waals surface area contributed by atoms with Crippen molar-refractivity contribution in [3.8, 4) is 0 Å². The molecule has 0 aromatic carbocycles. The van der Waals surface area contributed by atoms with Gasteiger partial charge in [0, 0.05) is 12.6 Å². The van der Waals surface area contributed by atoms with Gasteiger partial charge in [-0.15, -0.1) is 0 Å². The Morgan fingerprint density at radius 1 is 1.36 bits per heavy atom. The van der Waals surface area contributed by atoms with Crippen LogP contribution in [0.4, 0.5) is 0 Å². The van der Waals surface area contributed by atoms with E-state index in [1.165, 1.54) is 25.7 Å². The average Bonchev–Trinajstić information content (AvgIpc) is 2.06. The fourth-order valence-corrected chi connectivity index (χ4v) is 1.90. The molecule has 0 aromatic rings. The van der Waals surface area contributed by atoms with Gasteiger partial charge < -0.3 is 10.1 Å². The largest absolute Gasteiger partial charge is 0.378 e. The number of hydrogen-bond donors (Lipinski definition) is 1. The van der Waals surface area contributed by atoms with Gasteiger partial charge in [-0.25, -0.2) is 0 Å². The molecule has 1 fully saturated rings. The van der Waals surface area contributed by atoms with Crippen LogP contribution in [-0.4, -0.2) is 25.3 Å². The highest BCUT2D eigenvalue weighted by molar-refractivity contribution is 4.85. The second kappa shape index (κ2) is 6.41. The van der Waals surface area contributed by atoms with Gasteiger partial charge in [0.2, 0.25) is 0 Å². The van der Waals surface area contributed by atoms with Gasteiger partial charge in [0.15, 0.2) is 0 Å². The molecule has 2 heteroatoms. The highest BCUT2D eigenvalue weighted by atomic mass is 16.5. The Bertz CT molecular complexity index is 141. The first kappa shape index (κ1) is 12.0. The first-order valence-corrected chi connectivity index (χ1v) is 6.07. The zero-order valence-corrected chi connectivity index (χ0v) is 9.88. The Morgan fingerprint density at radius 2 is 2.07 bits per heavy atom. The third-order valence-electron chi connectivity index (χ3n) is 2.87. The molecular weight excluding hydrogens is 174 g/mol. The maximum absolute atomic E-state index is 5.76. The first-order chi connectivity index (χ1) is 6.72. The monoisotopic (exact) mass is 199 g/mol. The third-order valence-corrected chi connectivity index (χ3v) is 2.87. The Kier molecular flexibility index (Phi) is 5.49. The maximum atomic E-state index is 5.76. The molecule has 0 bridgehead atoms. The van der Waals surface area contributed by atoms with Crippen LogP contribution < -0.4 is 5.32 Å². The lowest BCUT2D eigenvalue weighted by molar-refractivity contribution is -0.0180. The minimum atomic E-state index is 0.547. The highest BCUT2D eigenvalue weighted by Gasteiger charge is 2.28. The van der Waals surface area contributed by atoms with Crippen LogP contribution in [0.2, 0.25) is 0 Å². The summed E-state index contributed by atoms with van der Waals surface area (Å²) in [7, 11) is 0. The smallest absolute Gasteiger partial charge is 0.0604 e. The van der Waals surface area contributed by atoms with Gasteiger partial charge in [0.05, 0.1) is 6.10 Å². The lowest BCUT2D eigenvalue weighted by Crippen LogP contribution is -2.45. The number of rotatable bonds is 7. The second-order valence-electron chi connectivity index (χ2n) is 4.75. The zero-order valence-electron chi connectivity index (χ0n) is 9.88. The van der Waals surface area contributed by atoms with Gasteiger partial charge in [-0.1, -0.05) is 20.8 Å². The molecule has 0 aromatic heterocycles. The molecule has 0 spiro atoms. The van der Waals surface area contributed by atoms with Crippen LogP contribution >= 0.6 is 0 Å². The summed E-state index contributed by atoms with van der Waals surface area (Å²) in [5.74, 6) is 0.814. The molecule has 0 heterocycles. The van der Waals surface area contributed by atoms with Crippen molar-refractivity contribution < 1.29 is 4.74 Å². The van der Waals surface area contributed by atoms with Crippen LogP contribution in [0.5, 0.6) is 0 Å². The van der Waals surface area contributed by atoms with Crippen molar-refractivity contribution >= 4 is 0 Å². The van der Waals surface area contributed by atoms with Gasteiger partial charge in [-0.3, -0.25) is 0 Å². The van der Waals surface area contributed by atoms with E-state index < -0.39 is 0 Å². The molecule has 1 saturated carbocycles. The van der Waals surface area contributed by atoms with E-state index in [2.05, 4.69) is 26.1 Å². The molecule has 0 amide bonds. The molecule has 84 valence electrons. The van der Waals surface area contributed by atoms with Crippen LogP contribution in [0.15, 0.2) is 0 Å². The second-order valence-corrected chi connectivity index (χ2v) is 4.75. The molecule has 0 aliphatic heterocycles. The zero-order chi connectivity index (χ0) is 10.4. The van der Waals surface area contributed by atoms with Crippen molar-refractivity contribution in [2.75, 3.05) is 13.2 Å². The minimum absolute atomic E-state index is 0.547. The third kappa shape index (κ3) is 4.43. The fourth-order valence-electron chi connectivity index (χ4n) is 1.90. The molecule has 0 atom stereocenters. The molecule has 1 aliphatic rings. The molecular formula is C12H25NO. The van der Waals surface area contributed by atoms with Crippen molar-refractivity contribution in [1.29, 1.82) is 0 Å². The Morgan fingerprint density at radius 3 is 2.64 bits per heavy atom. The van der Waals surface area contributed by atoms with Crippen molar-refractivity contribution in [1.82, 2.24) is 5.32 Å². The minimum Gasteiger partial charge on any atom is -0.378 e. The van der Waals surface area contributed by atoms with E-state index in [4.69, 9.17) is 4.74 Å². The lowest BCUT2D eigenvalue weighted by atomic mass is 9.89. The van der Waals surface area contributed by atoms with Gasteiger partial charge in [0.1, 0.15) is 0 Å². The molecule has 0 radical (unpaired) electrons. The van der Waals surface area contributed by atoms with Gasteiger partial charge in [-0.05, 0) is 38.1 Å². The van der Waals surface area contributed by atoms with Crippen LogP contribution in [0.3, 0.4) is 0 Å². The summed E-state index contributed by atoms with van der Waals surface area (Å²) in [5, 5.41) is 3.44. The summed E-state index contributed by atoms with van der Waals surface area (Å²) < 4.78 is 5.76. The normalized spacial score (nSPS) is 26.6. The molecule has 2 nitrogen and oxygen atoms in total. The van der Waals surface area contributed by atoms with E-state index in [0.717, 1.165) is 25.1 Å². The highest BCUT2D eigenvalue weighted by Crippen LogP contribution is 2.23. The molecule has 0 unspecified atom stereocenters. The predicted molar refractivity (Wildman–Crippen MR) is 60.5 cm³/mol. The summed E-state index contributed by atoms with van der Waals surface area (Å²) in [5.41, 5.74) is 0. The van der Waals surface area contributed by atoms with Crippen LogP contribution in [-0.2, 0) is 4.74 Å². The fraction of sp³-hybridized carbons (Fsp3) is 1.00. The number of hydrogen-bond acceptors (Lipinski definition) is 2. The summed E-state index contributed by atoms with van der Waals surface area (Å²) in [6.45, 7) is 8.75. The van der Waals surface area contributed by atoms with Crippen LogP contribution in [0.1, 0.15) is 46.5 Å². The topological polar surface area (TPSA) is 21.3 Å². The molecule has 1 aliphatic carbocycles. The Labute approximate surface area is 88.4 Å².